The van der Waals surface area contributed by atoms with Gasteiger partial charge in [0.1, 0.15) is 0 Å². The maximum Gasteiger partial charge on any atom is 0.00392 e. The van der Waals surface area contributed by atoms with Crippen LogP contribution in [0.15, 0.2) is 0 Å². The lowest BCUT2D eigenvalue weighted by Crippen LogP contribution is -2.29. The van der Waals surface area contributed by atoms with Gasteiger partial charge >= 0.3 is 0 Å². The Hall–Kier alpha value is -0.0800. The van der Waals surface area contributed by atoms with Gasteiger partial charge in [0.15, 0.2) is 0 Å². The summed E-state index contributed by atoms with van der Waals surface area (Å²) < 4.78 is 0. The molecule has 0 aliphatic heterocycles. The minimum Gasteiger partial charge on any atom is -0.314 e. The van der Waals surface area contributed by atoms with Crippen LogP contribution in [0, 0.1) is 5.92 Å². The van der Waals surface area contributed by atoms with Gasteiger partial charge in [0, 0.05) is 6.04 Å². The highest BCUT2D eigenvalue weighted by Crippen LogP contribution is 2.31. The van der Waals surface area contributed by atoms with E-state index < -0.39 is 0 Å². The largest absolute Gasteiger partial charge is 0.314 e. The van der Waals surface area contributed by atoms with Crippen LogP contribution in [0.3, 0.4) is 0 Å². The van der Waals surface area contributed by atoms with E-state index in [9.17, 15) is 0 Å². The fourth-order valence-electron chi connectivity index (χ4n) is 2.20. The molecule has 0 aromatic carbocycles. The molecule has 1 N–H and O–H groups in total. The average Bonchev–Trinajstić information content (AvgIpc) is 3.08. The Bertz CT molecular complexity index is 162. The predicted molar refractivity (Wildman–Crippen MR) is 71.8 cm³/mol. The number of nitrogens with zero attached hydrogens (tertiary/aromatic N) is 1. The van der Waals surface area contributed by atoms with E-state index in [4.69, 9.17) is 0 Å². The van der Waals surface area contributed by atoms with Crippen LogP contribution in [0.25, 0.3) is 0 Å². The molecule has 1 fully saturated rings. The van der Waals surface area contributed by atoms with Gasteiger partial charge in [-0.1, -0.05) is 26.7 Å². The first-order valence-corrected chi connectivity index (χ1v) is 7.22. The Morgan fingerprint density at radius 1 is 1.25 bits per heavy atom. The van der Waals surface area contributed by atoms with E-state index in [0.717, 1.165) is 5.92 Å². The first-order chi connectivity index (χ1) is 7.76. The van der Waals surface area contributed by atoms with Crippen molar-refractivity contribution in [1.29, 1.82) is 0 Å². The Morgan fingerprint density at radius 2 is 1.94 bits per heavy atom. The number of rotatable bonds is 10. The van der Waals surface area contributed by atoms with E-state index in [-0.39, 0.29) is 0 Å². The molecule has 0 aromatic rings. The summed E-state index contributed by atoms with van der Waals surface area (Å²) >= 11 is 0. The molecule has 0 radical (unpaired) electrons. The summed E-state index contributed by atoms with van der Waals surface area (Å²) in [5.41, 5.74) is 0. The van der Waals surface area contributed by atoms with E-state index in [1.54, 1.807) is 0 Å². The van der Waals surface area contributed by atoms with E-state index in [2.05, 4.69) is 31.0 Å². The van der Waals surface area contributed by atoms with Crippen molar-refractivity contribution in [2.45, 2.75) is 58.9 Å². The zero-order valence-corrected chi connectivity index (χ0v) is 11.5. The summed E-state index contributed by atoms with van der Waals surface area (Å²) in [6.45, 7) is 11.7. The Morgan fingerprint density at radius 3 is 2.50 bits per heavy atom. The first kappa shape index (κ1) is 14.0. The first-order valence-electron chi connectivity index (χ1n) is 7.22. The van der Waals surface area contributed by atoms with Crippen LogP contribution >= 0.6 is 0 Å². The monoisotopic (exact) mass is 226 g/mol. The average molecular weight is 226 g/mol. The SMILES string of the molecule is CCN(CC)CCCC(C)NCCC1CC1. The quantitative estimate of drug-likeness (QED) is 0.616. The third kappa shape index (κ3) is 6.49. The van der Waals surface area contributed by atoms with Crippen LogP contribution in [0.2, 0.25) is 0 Å². The fraction of sp³-hybridized carbons (Fsp3) is 1.00. The molecule has 0 heterocycles. The van der Waals surface area contributed by atoms with Crippen molar-refractivity contribution in [3.8, 4) is 0 Å². The topological polar surface area (TPSA) is 15.3 Å². The molecule has 1 aliphatic carbocycles. The Labute approximate surface area is 102 Å². The van der Waals surface area contributed by atoms with Gasteiger partial charge in [0.05, 0.1) is 0 Å². The molecule has 1 unspecified atom stereocenters. The molecular formula is C14H30N2. The maximum absolute atomic E-state index is 3.65. The molecule has 1 aliphatic rings. The van der Waals surface area contributed by atoms with Crippen molar-refractivity contribution in [3.63, 3.8) is 0 Å². The van der Waals surface area contributed by atoms with Crippen LogP contribution in [0.4, 0.5) is 0 Å². The third-order valence-corrected chi connectivity index (χ3v) is 3.75. The van der Waals surface area contributed by atoms with Crippen molar-refractivity contribution in [3.05, 3.63) is 0 Å². The van der Waals surface area contributed by atoms with Crippen LogP contribution in [-0.2, 0) is 0 Å². The van der Waals surface area contributed by atoms with Crippen molar-refractivity contribution in [1.82, 2.24) is 10.2 Å². The van der Waals surface area contributed by atoms with Gasteiger partial charge in [0.2, 0.25) is 0 Å². The van der Waals surface area contributed by atoms with E-state index in [1.165, 1.54) is 58.3 Å². The number of hydrogen-bond donors (Lipinski definition) is 1. The normalized spacial score (nSPS) is 18.0. The summed E-state index contributed by atoms with van der Waals surface area (Å²) in [6.07, 6.45) is 7.02. The molecule has 0 saturated heterocycles. The maximum atomic E-state index is 3.65. The number of hydrogen-bond acceptors (Lipinski definition) is 2. The summed E-state index contributed by atoms with van der Waals surface area (Å²) in [7, 11) is 0. The smallest absolute Gasteiger partial charge is 0.00392 e. The van der Waals surface area contributed by atoms with Gasteiger partial charge in [0.25, 0.3) is 0 Å². The van der Waals surface area contributed by atoms with E-state index >= 15 is 0 Å². The second kappa shape index (κ2) is 8.08. The van der Waals surface area contributed by atoms with Crippen LogP contribution in [0.5, 0.6) is 0 Å². The van der Waals surface area contributed by atoms with E-state index in [1.807, 2.05) is 0 Å². The van der Waals surface area contributed by atoms with Gasteiger partial charge in [-0.2, -0.15) is 0 Å². The molecule has 96 valence electrons. The summed E-state index contributed by atoms with van der Waals surface area (Å²) in [4.78, 5) is 2.51. The van der Waals surface area contributed by atoms with E-state index in [0.29, 0.717) is 6.04 Å². The summed E-state index contributed by atoms with van der Waals surface area (Å²) in [5.74, 6) is 1.07. The Kier molecular flexibility index (Phi) is 7.06. The predicted octanol–water partition coefficient (Wildman–Crippen LogP) is 2.89. The van der Waals surface area contributed by atoms with Gasteiger partial charge in [-0.05, 0) is 58.3 Å². The molecule has 0 amide bonds. The van der Waals surface area contributed by atoms with Gasteiger partial charge < -0.3 is 10.2 Å². The summed E-state index contributed by atoms with van der Waals surface area (Å²) in [6, 6.07) is 0.703. The molecule has 1 saturated carbocycles. The van der Waals surface area contributed by atoms with Gasteiger partial charge in [-0.25, -0.2) is 0 Å². The van der Waals surface area contributed by atoms with Crippen molar-refractivity contribution < 1.29 is 0 Å². The van der Waals surface area contributed by atoms with Crippen LogP contribution in [0.1, 0.15) is 52.9 Å². The molecule has 0 aromatic heterocycles. The second-order valence-electron chi connectivity index (χ2n) is 5.26. The van der Waals surface area contributed by atoms with Crippen LogP contribution in [-0.4, -0.2) is 37.1 Å². The lowest BCUT2D eigenvalue weighted by atomic mass is 10.1. The van der Waals surface area contributed by atoms with Crippen LogP contribution < -0.4 is 5.32 Å². The Balaban J connectivity index is 1.89. The lowest BCUT2D eigenvalue weighted by molar-refractivity contribution is 0.290. The molecule has 1 atom stereocenters. The molecule has 2 nitrogen and oxygen atoms in total. The van der Waals surface area contributed by atoms with Gasteiger partial charge in [-0.15, -0.1) is 0 Å². The summed E-state index contributed by atoms with van der Waals surface area (Å²) in [5, 5.41) is 3.65. The molecule has 0 spiro atoms. The van der Waals surface area contributed by atoms with Crippen molar-refractivity contribution >= 4 is 0 Å². The molecular weight excluding hydrogens is 196 g/mol. The van der Waals surface area contributed by atoms with Gasteiger partial charge in [-0.3, -0.25) is 0 Å². The molecule has 16 heavy (non-hydrogen) atoms. The van der Waals surface area contributed by atoms with Crippen molar-refractivity contribution in [2.75, 3.05) is 26.2 Å². The van der Waals surface area contributed by atoms with Crippen molar-refractivity contribution in [2.24, 2.45) is 5.92 Å². The number of nitrogens with one attached hydrogen (secondary N) is 1. The molecule has 0 bridgehead atoms. The molecule has 1 rings (SSSR count). The highest BCUT2D eigenvalue weighted by Gasteiger charge is 2.20. The minimum atomic E-state index is 0.703. The highest BCUT2D eigenvalue weighted by atomic mass is 15.1. The zero-order valence-electron chi connectivity index (χ0n) is 11.5. The second-order valence-corrected chi connectivity index (χ2v) is 5.26. The lowest BCUT2D eigenvalue weighted by Gasteiger charge is -2.19. The standard InChI is InChI=1S/C14H30N2/c1-4-16(5-2)12-6-7-13(3)15-11-10-14-8-9-14/h13-15H,4-12H2,1-3H3. The zero-order chi connectivity index (χ0) is 11.8. The minimum absolute atomic E-state index is 0.703. The fourth-order valence-corrected chi connectivity index (χ4v) is 2.20. The highest BCUT2D eigenvalue weighted by molar-refractivity contribution is 4.74. The molecule has 2 heteroatoms. The third-order valence-electron chi connectivity index (χ3n) is 3.75.